The van der Waals surface area contributed by atoms with Gasteiger partial charge in [-0.2, -0.15) is 0 Å². The highest BCUT2D eigenvalue weighted by molar-refractivity contribution is 6.30. The van der Waals surface area contributed by atoms with Crippen molar-refractivity contribution in [1.82, 2.24) is 0 Å². The summed E-state index contributed by atoms with van der Waals surface area (Å²) < 4.78 is 6.62. The molecule has 1 heterocycles. The highest BCUT2D eigenvalue weighted by Gasteiger charge is 2.22. The Morgan fingerprint density at radius 2 is 0.843 bits per heavy atom. The Hall–Kier alpha value is -6.70. The van der Waals surface area contributed by atoms with Crippen molar-refractivity contribution in [2.24, 2.45) is 0 Å². The molecule has 10 aromatic carbocycles. The lowest BCUT2D eigenvalue weighted by molar-refractivity contribution is 0.669. The average molecular weight is 647 g/mol. The minimum Gasteiger partial charge on any atom is -0.456 e. The SMILES string of the molecule is c1ccc(-c2ccc3c(-c4cccc5c4ccc4ccccc45)c4ccccc4c(-c4cccc5oc6ccc7ccccc7c6c45)c3c2)cc1. The van der Waals surface area contributed by atoms with Crippen molar-refractivity contribution in [2.75, 3.05) is 0 Å². The summed E-state index contributed by atoms with van der Waals surface area (Å²) in [5.74, 6) is 0. The molecule has 11 aromatic rings. The van der Waals surface area contributed by atoms with Gasteiger partial charge in [-0.3, -0.25) is 0 Å². The maximum absolute atomic E-state index is 6.62. The Bertz CT molecular complexity index is 3180. The fourth-order valence-electron chi connectivity index (χ4n) is 8.62. The molecule has 1 aromatic heterocycles. The predicted molar refractivity (Wildman–Crippen MR) is 218 cm³/mol. The van der Waals surface area contributed by atoms with Crippen LogP contribution >= 0.6 is 0 Å². The first-order chi connectivity index (χ1) is 25.3. The second-order valence-corrected chi connectivity index (χ2v) is 13.5. The standard InChI is InChI=1S/C50H30O/c1-2-12-31(13-3-1)34-25-28-42-44(30-34)48(43-22-11-23-45-50(43)49-36-17-7-5-15-33(36)26-29-46(49)51-45)41-19-9-8-18-40(41)47(42)39-21-10-20-37-35-16-6-4-14-32(35)24-27-38(37)39/h1-30H. The summed E-state index contributed by atoms with van der Waals surface area (Å²) in [6.07, 6.45) is 0. The second kappa shape index (κ2) is 10.9. The number of benzene rings is 10. The predicted octanol–water partition coefficient (Wildman–Crippen LogP) is 14.4. The molecule has 0 amide bonds. The molecule has 0 aliphatic rings. The maximum atomic E-state index is 6.62. The van der Waals surface area contributed by atoms with E-state index in [0.29, 0.717) is 0 Å². The summed E-state index contributed by atoms with van der Waals surface area (Å²) in [4.78, 5) is 0. The molecular formula is C50H30O. The second-order valence-electron chi connectivity index (χ2n) is 13.5. The molecule has 0 saturated heterocycles. The highest BCUT2D eigenvalue weighted by Crippen LogP contribution is 2.49. The third kappa shape index (κ3) is 4.16. The van der Waals surface area contributed by atoms with Gasteiger partial charge in [0.25, 0.3) is 0 Å². The largest absolute Gasteiger partial charge is 0.456 e. The lowest BCUT2D eigenvalue weighted by atomic mass is 9.82. The van der Waals surface area contributed by atoms with Crippen molar-refractivity contribution in [1.29, 1.82) is 0 Å². The van der Waals surface area contributed by atoms with Gasteiger partial charge in [0, 0.05) is 10.8 Å². The molecule has 0 aliphatic carbocycles. The van der Waals surface area contributed by atoms with E-state index < -0.39 is 0 Å². The normalized spacial score (nSPS) is 11.9. The van der Waals surface area contributed by atoms with E-state index in [-0.39, 0.29) is 0 Å². The van der Waals surface area contributed by atoms with Crippen LogP contribution in [0.3, 0.4) is 0 Å². The first kappa shape index (κ1) is 28.2. The minimum atomic E-state index is 0.903. The Morgan fingerprint density at radius 1 is 0.275 bits per heavy atom. The van der Waals surface area contributed by atoms with Gasteiger partial charge in [0.1, 0.15) is 11.2 Å². The van der Waals surface area contributed by atoms with E-state index in [2.05, 4.69) is 182 Å². The van der Waals surface area contributed by atoms with Crippen molar-refractivity contribution >= 4 is 75.8 Å². The van der Waals surface area contributed by atoms with Crippen LogP contribution in [-0.2, 0) is 0 Å². The molecule has 0 atom stereocenters. The van der Waals surface area contributed by atoms with Crippen LogP contribution in [0.15, 0.2) is 186 Å². The van der Waals surface area contributed by atoms with Crippen molar-refractivity contribution in [3.63, 3.8) is 0 Å². The molecule has 0 bridgehead atoms. The van der Waals surface area contributed by atoms with E-state index in [1.54, 1.807) is 0 Å². The Labute approximate surface area is 294 Å². The van der Waals surface area contributed by atoms with Crippen LogP contribution in [0.5, 0.6) is 0 Å². The third-order valence-electron chi connectivity index (χ3n) is 10.8. The van der Waals surface area contributed by atoms with Crippen LogP contribution in [0.25, 0.3) is 109 Å². The van der Waals surface area contributed by atoms with Crippen molar-refractivity contribution in [2.45, 2.75) is 0 Å². The summed E-state index contributed by atoms with van der Waals surface area (Å²) in [6, 6.07) is 66.3. The molecule has 1 heteroatoms. The van der Waals surface area contributed by atoms with Gasteiger partial charge < -0.3 is 4.42 Å². The van der Waals surface area contributed by atoms with Gasteiger partial charge in [0.15, 0.2) is 0 Å². The fraction of sp³-hybridized carbons (Fsp3) is 0. The third-order valence-corrected chi connectivity index (χ3v) is 10.8. The van der Waals surface area contributed by atoms with Crippen LogP contribution in [0.2, 0.25) is 0 Å². The smallest absolute Gasteiger partial charge is 0.136 e. The average Bonchev–Trinajstić information content (AvgIpc) is 3.60. The molecular weight excluding hydrogens is 617 g/mol. The maximum Gasteiger partial charge on any atom is 0.136 e. The van der Waals surface area contributed by atoms with Gasteiger partial charge in [0.2, 0.25) is 0 Å². The number of fused-ring (bicyclic) bond motifs is 10. The van der Waals surface area contributed by atoms with E-state index in [1.807, 2.05) is 0 Å². The minimum absolute atomic E-state index is 0.903. The number of hydrogen-bond acceptors (Lipinski definition) is 1. The zero-order valence-electron chi connectivity index (χ0n) is 27.7. The van der Waals surface area contributed by atoms with Gasteiger partial charge in [-0.15, -0.1) is 0 Å². The summed E-state index contributed by atoms with van der Waals surface area (Å²) >= 11 is 0. The van der Waals surface area contributed by atoms with Crippen LogP contribution in [0, 0.1) is 0 Å². The fourth-order valence-corrected chi connectivity index (χ4v) is 8.62. The van der Waals surface area contributed by atoms with Gasteiger partial charge in [0.05, 0.1) is 0 Å². The van der Waals surface area contributed by atoms with E-state index in [0.717, 1.165) is 16.6 Å². The molecule has 0 fully saturated rings. The first-order valence-corrected chi connectivity index (χ1v) is 17.6. The van der Waals surface area contributed by atoms with Crippen molar-refractivity contribution < 1.29 is 4.42 Å². The zero-order chi connectivity index (χ0) is 33.5. The summed E-state index contributed by atoms with van der Waals surface area (Å²) in [5.41, 5.74) is 9.14. The van der Waals surface area contributed by atoms with E-state index in [4.69, 9.17) is 4.42 Å². The molecule has 0 spiro atoms. The van der Waals surface area contributed by atoms with Crippen molar-refractivity contribution in [3.05, 3.63) is 182 Å². The first-order valence-electron chi connectivity index (χ1n) is 17.6. The van der Waals surface area contributed by atoms with Crippen LogP contribution in [0.4, 0.5) is 0 Å². The van der Waals surface area contributed by atoms with Gasteiger partial charge in [-0.05, 0) is 105 Å². The molecule has 0 aliphatic heterocycles. The molecule has 0 radical (unpaired) electrons. The molecule has 1 nitrogen and oxygen atoms in total. The lowest BCUT2D eigenvalue weighted by Crippen LogP contribution is -1.93. The molecule has 0 unspecified atom stereocenters. The number of hydrogen-bond donors (Lipinski definition) is 0. The molecule has 0 N–H and O–H groups in total. The molecule has 236 valence electrons. The van der Waals surface area contributed by atoms with Gasteiger partial charge in [-0.1, -0.05) is 164 Å². The molecule has 11 rings (SSSR count). The summed E-state index contributed by atoms with van der Waals surface area (Å²) in [5, 5.41) is 14.7. The monoisotopic (exact) mass is 646 g/mol. The van der Waals surface area contributed by atoms with E-state index in [9.17, 15) is 0 Å². The van der Waals surface area contributed by atoms with E-state index in [1.165, 1.54) is 92.6 Å². The molecule has 51 heavy (non-hydrogen) atoms. The topological polar surface area (TPSA) is 13.1 Å². The number of rotatable bonds is 3. The molecule has 0 saturated carbocycles. The number of furan rings is 1. The lowest BCUT2D eigenvalue weighted by Gasteiger charge is -2.20. The van der Waals surface area contributed by atoms with Gasteiger partial charge >= 0.3 is 0 Å². The Balaban J connectivity index is 1.33. The highest BCUT2D eigenvalue weighted by atomic mass is 16.3. The Morgan fingerprint density at radius 3 is 1.67 bits per heavy atom. The summed E-state index contributed by atoms with van der Waals surface area (Å²) in [7, 11) is 0. The Kier molecular flexibility index (Phi) is 6.02. The van der Waals surface area contributed by atoms with E-state index >= 15 is 0 Å². The summed E-state index contributed by atoms with van der Waals surface area (Å²) in [6.45, 7) is 0. The van der Waals surface area contributed by atoms with Crippen molar-refractivity contribution in [3.8, 4) is 33.4 Å². The van der Waals surface area contributed by atoms with Crippen LogP contribution in [0.1, 0.15) is 0 Å². The quantitative estimate of drug-likeness (QED) is 0.138. The zero-order valence-corrected chi connectivity index (χ0v) is 27.7. The van der Waals surface area contributed by atoms with Crippen LogP contribution < -0.4 is 0 Å². The van der Waals surface area contributed by atoms with Gasteiger partial charge in [-0.25, -0.2) is 0 Å². The van der Waals surface area contributed by atoms with Crippen LogP contribution in [-0.4, -0.2) is 0 Å².